The van der Waals surface area contributed by atoms with Gasteiger partial charge >= 0.3 is 5.97 Å². The molecule has 0 amide bonds. The summed E-state index contributed by atoms with van der Waals surface area (Å²) in [5, 5.41) is 3.01. The Labute approximate surface area is 95.8 Å². The molecule has 1 unspecified atom stereocenters. The van der Waals surface area contributed by atoms with Crippen LogP contribution in [0.2, 0.25) is 0 Å². The van der Waals surface area contributed by atoms with E-state index >= 15 is 0 Å². The lowest BCUT2D eigenvalue weighted by Crippen LogP contribution is -2.39. The van der Waals surface area contributed by atoms with Gasteiger partial charge < -0.3 is 10.1 Å². The van der Waals surface area contributed by atoms with E-state index in [1.54, 1.807) is 7.05 Å². The van der Waals surface area contributed by atoms with Crippen LogP contribution < -0.4 is 10.1 Å². The molecule has 1 aromatic rings. The van der Waals surface area contributed by atoms with Crippen molar-refractivity contribution in [2.75, 3.05) is 7.05 Å². The third kappa shape index (κ3) is 1.83. The van der Waals surface area contributed by atoms with Gasteiger partial charge in [-0.2, -0.15) is 0 Å². The molecule has 0 fully saturated rings. The Hall–Kier alpha value is -1.35. The van der Waals surface area contributed by atoms with Gasteiger partial charge in [0.25, 0.3) is 0 Å². The molecule has 0 bridgehead atoms. The van der Waals surface area contributed by atoms with Crippen LogP contribution in [-0.4, -0.2) is 19.1 Å². The Morgan fingerprint density at radius 2 is 2.06 bits per heavy atom. The molecule has 1 heterocycles. The maximum atomic E-state index is 11.8. The van der Waals surface area contributed by atoms with Gasteiger partial charge in [-0.15, -0.1) is 0 Å². The van der Waals surface area contributed by atoms with Crippen molar-refractivity contribution in [1.29, 1.82) is 0 Å². The van der Waals surface area contributed by atoms with E-state index < -0.39 is 0 Å². The molecule has 0 spiro atoms. The fourth-order valence-corrected chi connectivity index (χ4v) is 2.22. The zero-order valence-electron chi connectivity index (χ0n) is 9.91. The molecule has 0 saturated carbocycles. The number of fused-ring (bicyclic) bond motifs is 1. The van der Waals surface area contributed by atoms with Crippen molar-refractivity contribution < 1.29 is 9.53 Å². The number of carbonyl (C=O) groups excluding carboxylic acids is 1. The summed E-state index contributed by atoms with van der Waals surface area (Å²) < 4.78 is 5.39. The summed E-state index contributed by atoms with van der Waals surface area (Å²) in [5.74, 6) is 0.496. The highest BCUT2D eigenvalue weighted by Crippen LogP contribution is 2.37. The van der Waals surface area contributed by atoms with Gasteiger partial charge in [0.05, 0.1) is 0 Å². The Balaban J connectivity index is 2.47. The lowest BCUT2D eigenvalue weighted by atomic mass is 9.79. The number of esters is 1. The molecule has 0 saturated heterocycles. The number of benzene rings is 1. The number of carbonyl (C=O) groups is 1. The molecule has 0 aromatic heterocycles. The molecule has 0 aliphatic carbocycles. The second kappa shape index (κ2) is 3.91. The zero-order chi connectivity index (χ0) is 11.8. The molecule has 0 radical (unpaired) electrons. The van der Waals surface area contributed by atoms with Crippen LogP contribution in [0.3, 0.4) is 0 Å². The SMILES string of the molecule is CNC1CC(C)(C)c2ccccc2OC1=O. The quantitative estimate of drug-likeness (QED) is 0.578. The van der Waals surface area contributed by atoms with Crippen LogP contribution in [0.15, 0.2) is 24.3 Å². The molecule has 2 rings (SSSR count). The van der Waals surface area contributed by atoms with Crippen molar-refractivity contribution in [3.63, 3.8) is 0 Å². The molecule has 1 aliphatic rings. The Bertz CT molecular complexity index is 412. The van der Waals surface area contributed by atoms with Crippen LogP contribution in [0.4, 0.5) is 0 Å². The summed E-state index contributed by atoms with van der Waals surface area (Å²) in [6.07, 6.45) is 0.749. The molecular weight excluding hydrogens is 202 g/mol. The highest BCUT2D eigenvalue weighted by molar-refractivity contribution is 5.79. The van der Waals surface area contributed by atoms with Crippen LogP contribution in [-0.2, 0) is 10.2 Å². The van der Waals surface area contributed by atoms with Crippen LogP contribution in [0, 0.1) is 0 Å². The van der Waals surface area contributed by atoms with Gasteiger partial charge in [-0.1, -0.05) is 32.0 Å². The largest absolute Gasteiger partial charge is 0.425 e. The van der Waals surface area contributed by atoms with Crippen molar-refractivity contribution >= 4 is 5.97 Å². The molecule has 86 valence electrons. The Morgan fingerprint density at radius 3 is 2.75 bits per heavy atom. The first-order chi connectivity index (χ1) is 7.54. The third-order valence-corrected chi connectivity index (χ3v) is 3.17. The van der Waals surface area contributed by atoms with Crippen molar-refractivity contribution in [2.45, 2.75) is 31.7 Å². The monoisotopic (exact) mass is 219 g/mol. The maximum absolute atomic E-state index is 11.8. The molecule has 16 heavy (non-hydrogen) atoms. The van der Waals surface area contributed by atoms with E-state index in [-0.39, 0.29) is 17.4 Å². The van der Waals surface area contributed by atoms with Gasteiger partial charge in [-0.05, 0) is 24.9 Å². The lowest BCUT2D eigenvalue weighted by molar-refractivity contribution is -0.136. The fraction of sp³-hybridized carbons (Fsp3) is 0.462. The summed E-state index contributed by atoms with van der Waals surface area (Å²) in [6, 6.07) is 7.52. The molecule has 3 nitrogen and oxygen atoms in total. The average Bonchev–Trinajstić information content (AvgIpc) is 2.35. The average molecular weight is 219 g/mol. The minimum absolute atomic E-state index is 0.0591. The van der Waals surface area contributed by atoms with E-state index in [0.29, 0.717) is 5.75 Å². The van der Waals surface area contributed by atoms with Crippen LogP contribution in [0.25, 0.3) is 0 Å². The number of ether oxygens (including phenoxy) is 1. The highest BCUT2D eigenvalue weighted by atomic mass is 16.5. The second-order valence-corrected chi connectivity index (χ2v) is 4.85. The maximum Gasteiger partial charge on any atom is 0.328 e. The Morgan fingerprint density at radius 1 is 1.38 bits per heavy atom. The van der Waals surface area contributed by atoms with E-state index in [1.807, 2.05) is 24.3 Å². The Kier molecular flexibility index (Phi) is 2.72. The van der Waals surface area contributed by atoms with Gasteiger partial charge in [0.2, 0.25) is 0 Å². The van der Waals surface area contributed by atoms with Gasteiger partial charge in [-0.25, -0.2) is 4.79 Å². The number of para-hydroxylation sites is 1. The third-order valence-electron chi connectivity index (χ3n) is 3.17. The van der Waals surface area contributed by atoms with Crippen LogP contribution >= 0.6 is 0 Å². The van der Waals surface area contributed by atoms with E-state index in [4.69, 9.17) is 4.74 Å². The smallest absolute Gasteiger partial charge is 0.328 e. The first-order valence-corrected chi connectivity index (χ1v) is 5.53. The second-order valence-electron chi connectivity index (χ2n) is 4.85. The minimum Gasteiger partial charge on any atom is -0.425 e. The predicted octanol–water partition coefficient (Wildman–Crippen LogP) is 1.86. The highest BCUT2D eigenvalue weighted by Gasteiger charge is 2.35. The molecule has 3 heteroatoms. The molecular formula is C13H17NO2. The first-order valence-electron chi connectivity index (χ1n) is 5.53. The molecule has 1 aliphatic heterocycles. The molecule has 1 N–H and O–H groups in total. The molecule has 1 aromatic carbocycles. The summed E-state index contributed by atoms with van der Waals surface area (Å²) in [4.78, 5) is 11.8. The van der Waals surface area contributed by atoms with E-state index in [2.05, 4.69) is 19.2 Å². The number of nitrogens with one attached hydrogen (secondary N) is 1. The number of hydrogen-bond acceptors (Lipinski definition) is 3. The van der Waals surface area contributed by atoms with Crippen LogP contribution in [0.1, 0.15) is 25.8 Å². The minimum atomic E-state index is -0.234. The molecule has 1 atom stereocenters. The summed E-state index contributed by atoms with van der Waals surface area (Å²) >= 11 is 0. The fourth-order valence-electron chi connectivity index (χ4n) is 2.22. The van der Waals surface area contributed by atoms with Gasteiger partial charge in [0.15, 0.2) is 0 Å². The summed E-state index contributed by atoms with van der Waals surface area (Å²) in [6.45, 7) is 4.27. The van der Waals surface area contributed by atoms with E-state index in [1.165, 1.54) is 0 Å². The van der Waals surface area contributed by atoms with Crippen molar-refractivity contribution in [1.82, 2.24) is 5.32 Å². The van der Waals surface area contributed by atoms with Gasteiger partial charge in [0.1, 0.15) is 11.8 Å². The van der Waals surface area contributed by atoms with Crippen LogP contribution in [0.5, 0.6) is 5.75 Å². The topological polar surface area (TPSA) is 38.3 Å². The van der Waals surface area contributed by atoms with E-state index in [9.17, 15) is 4.79 Å². The summed E-state index contributed by atoms with van der Waals surface area (Å²) in [5.41, 5.74) is 1.04. The number of hydrogen-bond donors (Lipinski definition) is 1. The predicted molar refractivity (Wildman–Crippen MR) is 62.6 cm³/mol. The van der Waals surface area contributed by atoms with Gasteiger partial charge in [0, 0.05) is 5.56 Å². The lowest BCUT2D eigenvalue weighted by Gasteiger charge is -2.25. The van der Waals surface area contributed by atoms with Crippen molar-refractivity contribution in [3.05, 3.63) is 29.8 Å². The standard InChI is InChI=1S/C13H17NO2/c1-13(2)8-10(14-3)12(15)16-11-7-5-4-6-9(11)13/h4-7,10,14H,8H2,1-3H3. The normalized spacial score (nSPS) is 23.2. The zero-order valence-corrected chi connectivity index (χ0v) is 9.91. The number of likely N-dealkylation sites (N-methyl/N-ethyl adjacent to an activating group) is 1. The van der Waals surface area contributed by atoms with Crippen molar-refractivity contribution in [2.24, 2.45) is 0 Å². The summed E-state index contributed by atoms with van der Waals surface area (Å²) in [7, 11) is 1.79. The van der Waals surface area contributed by atoms with Gasteiger partial charge in [-0.3, -0.25) is 0 Å². The first kappa shape index (κ1) is 11.1. The van der Waals surface area contributed by atoms with Crippen molar-refractivity contribution in [3.8, 4) is 5.75 Å². The number of rotatable bonds is 1. The van der Waals surface area contributed by atoms with E-state index in [0.717, 1.165) is 12.0 Å².